The molecule has 37 heavy (non-hydrogen) atoms. The molecule has 3 atom stereocenters. The Bertz CT molecular complexity index is 1690. The van der Waals surface area contributed by atoms with Crippen LogP contribution in [0.3, 0.4) is 0 Å². The molecule has 2 N–H and O–H groups in total. The second kappa shape index (κ2) is 9.17. The molecule has 2 aromatic carbocycles. The lowest BCUT2D eigenvalue weighted by molar-refractivity contribution is -0.669. The second-order valence-electron chi connectivity index (χ2n) is 9.45. The smallest absolute Gasteiger partial charge is 0.285 e. The molecule has 8 nitrogen and oxygen atoms in total. The fourth-order valence-electron chi connectivity index (χ4n) is 5.00. The van der Waals surface area contributed by atoms with Gasteiger partial charge >= 0.3 is 10.1 Å². The lowest BCUT2D eigenvalue weighted by Crippen LogP contribution is -2.75. The van der Waals surface area contributed by atoms with Gasteiger partial charge in [-0.25, -0.2) is 4.48 Å². The van der Waals surface area contributed by atoms with Crippen molar-refractivity contribution in [2.45, 2.75) is 48.3 Å². The van der Waals surface area contributed by atoms with Gasteiger partial charge in [-0.05, 0) is 43.0 Å². The summed E-state index contributed by atoms with van der Waals surface area (Å²) in [5, 5.41) is 1.47. The van der Waals surface area contributed by atoms with Crippen molar-refractivity contribution in [1.82, 2.24) is 4.48 Å². The van der Waals surface area contributed by atoms with E-state index in [1.807, 2.05) is 22.8 Å². The standard InChI is InChI=1S/C23H22Cl2N2O6S4/c1-14(36(28,29)30)7-9-26-17-11-15(24)3-5-19(17)34-21(26)13-22-27(10-8-23(27,2)37(31,32)33)18-12-16(25)4-6-20(18)35-22/h3-6,11-14H,7-10H2,1-2H3/p+2. The maximum absolute atomic E-state index is 12.7. The maximum atomic E-state index is 12.7. The summed E-state index contributed by atoms with van der Waals surface area (Å²) in [5.41, 5.74) is 1.51. The quantitative estimate of drug-likeness (QED) is 0.209. The van der Waals surface area contributed by atoms with Crippen LogP contribution in [0.2, 0.25) is 10.0 Å². The van der Waals surface area contributed by atoms with E-state index in [1.54, 1.807) is 31.2 Å². The molecule has 0 aliphatic carbocycles. The number of hydrogen-bond acceptors (Lipinski definition) is 6. The zero-order chi connectivity index (χ0) is 27.0. The molecule has 3 heterocycles. The van der Waals surface area contributed by atoms with Crippen LogP contribution in [-0.4, -0.2) is 42.6 Å². The van der Waals surface area contributed by atoms with E-state index in [0.29, 0.717) is 27.3 Å². The average Bonchev–Trinajstić information content (AvgIpc) is 3.30. The lowest BCUT2D eigenvalue weighted by Gasteiger charge is -2.54. The molecule has 1 saturated heterocycles. The van der Waals surface area contributed by atoms with Crippen LogP contribution in [0.1, 0.15) is 31.7 Å². The van der Waals surface area contributed by atoms with E-state index in [1.165, 1.54) is 30.0 Å². The minimum atomic E-state index is -4.46. The molecule has 1 spiro atoms. The largest absolute Gasteiger partial charge is 0.323 e. The van der Waals surface area contributed by atoms with E-state index in [0.717, 1.165) is 20.1 Å². The van der Waals surface area contributed by atoms with Crippen LogP contribution < -0.4 is 9.05 Å². The first-order chi connectivity index (χ1) is 17.2. The molecule has 0 radical (unpaired) electrons. The van der Waals surface area contributed by atoms with Crippen molar-refractivity contribution in [3.05, 3.63) is 56.5 Å². The predicted octanol–water partition coefficient (Wildman–Crippen LogP) is 5.58. The number of thioether (sulfide) groups is 1. The van der Waals surface area contributed by atoms with Crippen molar-refractivity contribution in [3.63, 3.8) is 0 Å². The Morgan fingerprint density at radius 3 is 2.43 bits per heavy atom. The number of nitrogens with zero attached hydrogens (tertiary/aromatic N) is 2. The molecule has 3 unspecified atom stereocenters. The summed E-state index contributed by atoms with van der Waals surface area (Å²) in [6, 6.07) is 10.8. The summed E-state index contributed by atoms with van der Waals surface area (Å²) in [5.74, 6) is 0. The molecule has 0 amide bonds. The normalized spacial score (nSPS) is 25.5. The first kappa shape index (κ1) is 27.4. The molecule has 198 valence electrons. The summed E-state index contributed by atoms with van der Waals surface area (Å²) < 4.78 is 71.2. The fourth-order valence-corrected chi connectivity index (χ4v) is 9.40. The van der Waals surface area contributed by atoms with Crippen molar-refractivity contribution in [2.24, 2.45) is 0 Å². The number of aromatic nitrogens is 1. The van der Waals surface area contributed by atoms with E-state index in [9.17, 15) is 25.9 Å². The number of rotatable bonds is 6. The fraction of sp³-hybridized carbons (Fsp3) is 0.348. The van der Waals surface area contributed by atoms with E-state index >= 15 is 0 Å². The third kappa shape index (κ3) is 4.34. The first-order valence-corrected chi connectivity index (χ1v) is 16.6. The molecule has 5 rings (SSSR count). The molecule has 1 aromatic heterocycles. The minimum Gasteiger partial charge on any atom is -0.285 e. The zero-order valence-electron chi connectivity index (χ0n) is 19.8. The summed E-state index contributed by atoms with van der Waals surface area (Å²) in [6.07, 6.45) is 2.32. The second-order valence-corrected chi connectivity index (χ2v) is 16.1. The number of halogens is 2. The topological polar surface area (TPSA) is 113 Å². The van der Waals surface area contributed by atoms with Gasteiger partial charge in [-0.3, -0.25) is 9.11 Å². The number of benzene rings is 2. The predicted molar refractivity (Wildman–Crippen MR) is 149 cm³/mol. The summed E-state index contributed by atoms with van der Waals surface area (Å²) in [4.78, 5) is -0.646. The van der Waals surface area contributed by atoms with Crippen molar-refractivity contribution in [1.29, 1.82) is 0 Å². The van der Waals surface area contributed by atoms with Crippen molar-refractivity contribution >= 4 is 88.5 Å². The Morgan fingerprint density at radius 2 is 1.81 bits per heavy atom. The molecule has 3 aromatic rings. The van der Waals surface area contributed by atoms with E-state index in [4.69, 9.17) is 23.2 Å². The Morgan fingerprint density at radius 1 is 1.14 bits per heavy atom. The monoisotopic (exact) mass is 622 g/mol. The van der Waals surface area contributed by atoms with Gasteiger partial charge in [0.15, 0.2) is 17.3 Å². The van der Waals surface area contributed by atoms with Crippen LogP contribution in [0.15, 0.2) is 46.3 Å². The van der Waals surface area contributed by atoms with Crippen LogP contribution in [0.4, 0.5) is 5.69 Å². The third-order valence-corrected chi connectivity index (χ3v) is 13.1. The van der Waals surface area contributed by atoms with Gasteiger partial charge < -0.3 is 0 Å². The van der Waals surface area contributed by atoms with Gasteiger partial charge in [-0.2, -0.15) is 21.4 Å². The summed E-state index contributed by atoms with van der Waals surface area (Å²) >= 11 is 15.5. The highest BCUT2D eigenvalue weighted by Crippen LogP contribution is 2.62. The average molecular weight is 624 g/mol. The van der Waals surface area contributed by atoms with Gasteiger partial charge in [0, 0.05) is 35.5 Å². The Hall–Kier alpha value is -1.22. The Labute approximate surface area is 233 Å². The van der Waals surface area contributed by atoms with Crippen molar-refractivity contribution in [2.75, 3.05) is 6.54 Å². The summed E-state index contributed by atoms with van der Waals surface area (Å²) in [6.45, 7) is 3.72. The zero-order valence-corrected chi connectivity index (χ0v) is 24.5. The van der Waals surface area contributed by atoms with Crippen LogP contribution in [0, 0.1) is 0 Å². The maximum Gasteiger partial charge on any atom is 0.323 e. The van der Waals surface area contributed by atoms with Gasteiger partial charge in [-0.1, -0.05) is 34.5 Å². The Kier molecular flexibility index (Phi) is 6.78. The molecule has 14 heteroatoms. The number of quaternary nitrogens is 1. The number of fused-ring (bicyclic) bond motifs is 3. The molecule has 2 aliphatic rings. The van der Waals surface area contributed by atoms with Crippen LogP contribution in [0.25, 0.3) is 16.3 Å². The van der Waals surface area contributed by atoms with E-state index in [2.05, 4.69) is 0 Å². The summed E-state index contributed by atoms with van der Waals surface area (Å²) in [7, 11) is -8.66. The molecular weight excluding hydrogens is 599 g/mol. The van der Waals surface area contributed by atoms with Gasteiger partial charge in [0.05, 0.1) is 29.2 Å². The molecule has 1 fully saturated rings. The van der Waals surface area contributed by atoms with Gasteiger partial charge in [0.2, 0.25) is 10.4 Å². The first-order valence-electron chi connectivity index (χ1n) is 11.3. The Balaban J connectivity index is 1.70. The van der Waals surface area contributed by atoms with Crippen LogP contribution in [0.5, 0.6) is 0 Å². The highest BCUT2D eigenvalue weighted by molar-refractivity contribution is 8.03. The van der Waals surface area contributed by atoms with Gasteiger partial charge in [0.1, 0.15) is 4.70 Å². The third-order valence-electron chi connectivity index (χ3n) is 7.40. The molecule has 2 aliphatic heterocycles. The molecule has 0 saturated carbocycles. The van der Waals surface area contributed by atoms with Crippen molar-refractivity contribution < 1.29 is 30.5 Å². The number of aryl methyl sites for hydroxylation is 1. The van der Waals surface area contributed by atoms with Crippen LogP contribution >= 0.6 is 46.3 Å². The SMILES string of the molecule is CC(CC[n+]1c(C=C2Sc3ccc(Cl)cc3[N+]23CCC3(C)S(=O)(=O)O)sc2ccc(Cl)cc21)S(=O)(=O)O. The lowest BCUT2D eigenvalue weighted by atomic mass is 9.96. The number of thiazole rings is 1. The number of hydrogen-bond donors (Lipinski definition) is 2. The highest BCUT2D eigenvalue weighted by atomic mass is 35.5. The minimum absolute atomic E-state index is 0.0805. The highest BCUT2D eigenvalue weighted by Gasteiger charge is 2.71. The molecule has 0 bridgehead atoms. The van der Waals surface area contributed by atoms with E-state index in [-0.39, 0.29) is 23.9 Å². The van der Waals surface area contributed by atoms with E-state index < -0.39 is 30.4 Å². The molecular formula is C23H24Cl2N2O6S4+2. The van der Waals surface area contributed by atoms with Crippen LogP contribution in [-0.2, 0) is 26.8 Å². The van der Waals surface area contributed by atoms with Gasteiger partial charge in [-0.15, -0.1) is 0 Å². The van der Waals surface area contributed by atoms with Crippen molar-refractivity contribution in [3.8, 4) is 0 Å². The van der Waals surface area contributed by atoms with Gasteiger partial charge in [0.25, 0.3) is 15.1 Å².